The van der Waals surface area contributed by atoms with Crippen LogP contribution in [0.2, 0.25) is 0 Å². The molecule has 2 aliphatic carbocycles. The third-order valence-electron chi connectivity index (χ3n) is 5.34. The van der Waals surface area contributed by atoms with Crippen LogP contribution in [0.25, 0.3) is 0 Å². The highest BCUT2D eigenvalue weighted by Gasteiger charge is 2.64. The summed E-state index contributed by atoms with van der Waals surface area (Å²) < 4.78 is 62.2. The smallest absolute Gasteiger partial charge is 0.370 e. The first-order valence-electron chi connectivity index (χ1n) is 9.26. The highest BCUT2D eigenvalue weighted by Crippen LogP contribution is 2.52. The molecule has 5 heteroatoms. The summed E-state index contributed by atoms with van der Waals surface area (Å²) in [5.74, 6) is -9.41. The summed E-state index contributed by atoms with van der Waals surface area (Å²) in [6.45, 7) is 5.28. The van der Waals surface area contributed by atoms with Crippen LogP contribution in [0.4, 0.5) is 17.6 Å². The molecule has 0 spiro atoms. The average molecular weight is 360 g/mol. The van der Waals surface area contributed by atoms with Gasteiger partial charge in [0.15, 0.2) is 5.76 Å². The number of rotatable bonds is 8. The topological polar surface area (TPSA) is 9.23 Å². The number of hydrogen-bond acceptors (Lipinski definition) is 1. The molecule has 0 amide bonds. The van der Waals surface area contributed by atoms with Gasteiger partial charge < -0.3 is 4.74 Å². The van der Waals surface area contributed by atoms with Crippen molar-refractivity contribution in [1.82, 2.24) is 0 Å². The highest BCUT2D eigenvalue weighted by molar-refractivity contribution is 5.36. The van der Waals surface area contributed by atoms with Crippen LogP contribution in [-0.2, 0) is 4.74 Å². The van der Waals surface area contributed by atoms with Crippen molar-refractivity contribution >= 4 is 0 Å². The molecule has 0 N–H and O–H groups in total. The summed E-state index contributed by atoms with van der Waals surface area (Å²) in [5, 5.41) is 0. The Kier molecular flexibility index (Phi) is 6.75. The molecule has 1 fully saturated rings. The van der Waals surface area contributed by atoms with E-state index in [4.69, 9.17) is 4.74 Å². The van der Waals surface area contributed by atoms with E-state index in [1.165, 1.54) is 12.5 Å². The van der Waals surface area contributed by atoms with Crippen LogP contribution in [0.1, 0.15) is 58.3 Å². The third-order valence-corrected chi connectivity index (χ3v) is 5.34. The largest absolute Gasteiger partial charge is 0.487 e. The number of alkyl halides is 4. The maximum atomic E-state index is 14.5. The summed E-state index contributed by atoms with van der Waals surface area (Å²) in [4.78, 5) is 0. The number of allylic oxidation sites excluding steroid dienone is 4. The van der Waals surface area contributed by atoms with Crippen molar-refractivity contribution in [2.75, 3.05) is 6.61 Å². The fourth-order valence-corrected chi connectivity index (χ4v) is 3.84. The minimum Gasteiger partial charge on any atom is -0.487 e. The van der Waals surface area contributed by atoms with Crippen molar-refractivity contribution in [3.63, 3.8) is 0 Å². The van der Waals surface area contributed by atoms with Crippen LogP contribution in [0.5, 0.6) is 0 Å². The first-order valence-corrected chi connectivity index (χ1v) is 9.26. The van der Waals surface area contributed by atoms with Crippen LogP contribution < -0.4 is 0 Å². The second-order valence-corrected chi connectivity index (χ2v) is 7.11. The Morgan fingerprint density at radius 2 is 1.76 bits per heavy atom. The number of unbranched alkanes of at least 4 members (excludes halogenated alkanes) is 2. The van der Waals surface area contributed by atoms with Gasteiger partial charge in [-0.3, -0.25) is 0 Å². The van der Waals surface area contributed by atoms with Gasteiger partial charge in [-0.1, -0.05) is 51.3 Å². The van der Waals surface area contributed by atoms with Gasteiger partial charge in [-0.15, -0.1) is 0 Å². The lowest BCUT2D eigenvalue weighted by Crippen LogP contribution is -2.48. The van der Waals surface area contributed by atoms with Gasteiger partial charge in [0, 0.05) is 5.57 Å². The molecule has 0 radical (unpaired) electrons. The molecule has 2 aliphatic rings. The molecule has 1 nitrogen and oxygen atoms in total. The molecule has 0 unspecified atom stereocenters. The summed E-state index contributed by atoms with van der Waals surface area (Å²) in [5.41, 5.74) is -0.435. The molecule has 0 aromatic carbocycles. The quantitative estimate of drug-likeness (QED) is 0.267. The van der Waals surface area contributed by atoms with Gasteiger partial charge in [-0.05, 0) is 43.6 Å². The van der Waals surface area contributed by atoms with Gasteiger partial charge in [0.1, 0.15) is 6.61 Å². The number of hydrogen-bond donors (Lipinski definition) is 0. The minimum absolute atomic E-state index is 0.219. The van der Waals surface area contributed by atoms with Crippen LogP contribution in [0, 0.1) is 11.8 Å². The lowest BCUT2D eigenvalue weighted by Gasteiger charge is -2.38. The lowest BCUT2D eigenvalue weighted by molar-refractivity contribution is -0.189. The van der Waals surface area contributed by atoms with E-state index in [-0.39, 0.29) is 6.61 Å². The first kappa shape index (κ1) is 20.1. The highest BCUT2D eigenvalue weighted by atomic mass is 19.3. The molecule has 25 heavy (non-hydrogen) atoms. The molecule has 1 saturated carbocycles. The minimum atomic E-state index is -4.31. The van der Waals surface area contributed by atoms with Gasteiger partial charge >= 0.3 is 11.8 Å². The molecule has 0 aromatic heterocycles. The van der Waals surface area contributed by atoms with E-state index in [0.717, 1.165) is 44.3 Å². The number of halogens is 4. The van der Waals surface area contributed by atoms with Crippen molar-refractivity contribution in [2.24, 2.45) is 11.8 Å². The molecule has 0 aromatic rings. The summed E-state index contributed by atoms with van der Waals surface area (Å²) >= 11 is 0. The van der Waals surface area contributed by atoms with Gasteiger partial charge in [0.2, 0.25) is 0 Å². The molecular weight excluding hydrogens is 332 g/mol. The van der Waals surface area contributed by atoms with Crippen molar-refractivity contribution in [3.05, 3.63) is 36.1 Å². The zero-order valence-corrected chi connectivity index (χ0v) is 14.9. The van der Waals surface area contributed by atoms with E-state index in [9.17, 15) is 17.6 Å². The standard InChI is InChI=1S/C20H28F4O/c1-3-5-6-7-15-8-10-16(11-9-15)17-12-13-18(25-14-4-2)20(23,24)19(17,21)22/h4,12-13,15-16H,2-3,5-11,14H2,1H3. The van der Waals surface area contributed by atoms with Crippen LogP contribution in [-0.4, -0.2) is 18.5 Å². The Labute approximate surface area is 147 Å². The molecule has 0 saturated heterocycles. The van der Waals surface area contributed by atoms with E-state index in [1.807, 2.05) is 0 Å². The fraction of sp³-hybridized carbons (Fsp3) is 0.700. The molecule has 0 heterocycles. The molecule has 0 aliphatic heterocycles. The summed E-state index contributed by atoms with van der Waals surface area (Å²) in [6.07, 6.45) is 10.8. The molecule has 0 bridgehead atoms. The molecule has 2 rings (SSSR count). The van der Waals surface area contributed by atoms with E-state index in [1.54, 1.807) is 0 Å². The zero-order chi connectivity index (χ0) is 18.5. The van der Waals surface area contributed by atoms with E-state index >= 15 is 0 Å². The second kappa shape index (κ2) is 8.41. The van der Waals surface area contributed by atoms with Crippen molar-refractivity contribution in [1.29, 1.82) is 0 Å². The Hall–Kier alpha value is -1.26. The second-order valence-electron chi connectivity index (χ2n) is 7.11. The maximum absolute atomic E-state index is 14.5. The van der Waals surface area contributed by atoms with Crippen LogP contribution >= 0.6 is 0 Å². The maximum Gasteiger partial charge on any atom is 0.370 e. The van der Waals surface area contributed by atoms with Gasteiger partial charge in [-0.25, -0.2) is 0 Å². The van der Waals surface area contributed by atoms with Crippen molar-refractivity contribution in [3.8, 4) is 0 Å². The Balaban J connectivity index is 2.05. The van der Waals surface area contributed by atoms with Crippen molar-refractivity contribution < 1.29 is 22.3 Å². The van der Waals surface area contributed by atoms with E-state index in [0.29, 0.717) is 18.8 Å². The SMILES string of the molecule is C=CCOC1=CC=C(C2CCC(CCCCC)CC2)C(F)(F)C1(F)F. The Morgan fingerprint density at radius 1 is 1.08 bits per heavy atom. The predicted molar refractivity (Wildman–Crippen MR) is 91.8 cm³/mol. The third kappa shape index (κ3) is 4.29. The number of ether oxygens (including phenoxy) is 1. The van der Waals surface area contributed by atoms with Crippen LogP contribution in [0.15, 0.2) is 36.1 Å². The molecular formula is C20H28F4O. The normalized spacial score (nSPS) is 28.0. The summed E-state index contributed by atoms with van der Waals surface area (Å²) in [6, 6.07) is 0. The Morgan fingerprint density at radius 3 is 2.36 bits per heavy atom. The fourth-order valence-electron chi connectivity index (χ4n) is 3.84. The van der Waals surface area contributed by atoms with Gasteiger partial charge in [0.25, 0.3) is 0 Å². The van der Waals surface area contributed by atoms with E-state index < -0.39 is 29.1 Å². The lowest BCUT2D eigenvalue weighted by atomic mass is 9.73. The van der Waals surface area contributed by atoms with Gasteiger partial charge in [-0.2, -0.15) is 17.6 Å². The summed E-state index contributed by atoms with van der Waals surface area (Å²) in [7, 11) is 0. The Bertz CT molecular complexity index is 514. The molecule has 142 valence electrons. The predicted octanol–water partition coefficient (Wildman–Crippen LogP) is 6.67. The van der Waals surface area contributed by atoms with Crippen molar-refractivity contribution in [2.45, 2.75) is 70.1 Å². The van der Waals surface area contributed by atoms with E-state index in [2.05, 4.69) is 13.5 Å². The monoisotopic (exact) mass is 360 g/mol. The molecule has 0 atom stereocenters. The first-order chi connectivity index (χ1) is 11.8. The van der Waals surface area contributed by atoms with Gasteiger partial charge in [0.05, 0.1) is 0 Å². The zero-order valence-electron chi connectivity index (χ0n) is 14.9. The van der Waals surface area contributed by atoms with Crippen LogP contribution in [0.3, 0.4) is 0 Å². The average Bonchev–Trinajstić information content (AvgIpc) is 2.57.